The molecule has 0 unspecified atom stereocenters. The lowest BCUT2D eigenvalue weighted by Gasteiger charge is -2.09. The quantitative estimate of drug-likeness (QED) is 0.916. The molecular formula is C15H18N2O2. The number of hydrogen-bond donors (Lipinski definition) is 1. The number of oxazole rings is 1. The molecule has 0 fully saturated rings. The molecule has 0 aliphatic carbocycles. The highest BCUT2D eigenvalue weighted by atomic mass is 16.3. The summed E-state index contributed by atoms with van der Waals surface area (Å²) in [6.45, 7) is 5.83. The van der Waals surface area contributed by atoms with E-state index in [-0.39, 0.29) is 5.91 Å². The van der Waals surface area contributed by atoms with Gasteiger partial charge < -0.3 is 9.73 Å². The Morgan fingerprint density at radius 3 is 2.79 bits per heavy atom. The lowest BCUT2D eigenvalue weighted by atomic mass is 10.1. The fourth-order valence-electron chi connectivity index (χ4n) is 1.86. The van der Waals surface area contributed by atoms with Gasteiger partial charge in [0.25, 0.3) is 0 Å². The summed E-state index contributed by atoms with van der Waals surface area (Å²) in [5.41, 5.74) is 3.97. The Labute approximate surface area is 112 Å². The topological polar surface area (TPSA) is 55.1 Å². The number of aryl methyl sites for hydroxylation is 3. The number of benzene rings is 1. The maximum Gasteiger partial charge on any atom is 0.224 e. The van der Waals surface area contributed by atoms with Gasteiger partial charge in [0.05, 0.1) is 5.69 Å². The highest BCUT2D eigenvalue weighted by molar-refractivity contribution is 5.91. The minimum Gasteiger partial charge on any atom is -0.449 e. The monoisotopic (exact) mass is 258 g/mol. The summed E-state index contributed by atoms with van der Waals surface area (Å²) in [5, 5.41) is 2.93. The molecule has 0 bridgehead atoms. The molecule has 19 heavy (non-hydrogen) atoms. The number of nitrogens with zero attached hydrogens (tertiary/aromatic N) is 1. The number of rotatable bonds is 4. The van der Waals surface area contributed by atoms with E-state index in [0.29, 0.717) is 18.7 Å². The molecule has 0 aliphatic heterocycles. The van der Waals surface area contributed by atoms with Gasteiger partial charge in [0.2, 0.25) is 5.91 Å². The summed E-state index contributed by atoms with van der Waals surface area (Å²) < 4.78 is 5.11. The lowest BCUT2D eigenvalue weighted by Crippen LogP contribution is -2.13. The smallest absolute Gasteiger partial charge is 0.224 e. The van der Waals surface area contributed by atoms with Gasteiger partial charge in [-0.05, 0) is 31.0 Å². The first-order valence-electron chi connectivity index (χ1n) is 6.33. The minimum absolute atomic E-state index is 0.00523. The molecule has 1 heterocycles. The van der Waals surface area contributed by atoms with Crippen molar-refractivity contribution in [2.24, 2.45) is 0 Å². The Bertz CT molecular complexity index is 588. The van der Waals surface area contributed by atoms with Gasteiger partial charge in [0.15, 0.2) is 5.89 Å². The van der Waals surface area contributed by atoms with Crippen LogP contribution in [0, 0.1) is 20.8 Å². The Hall–Kier alpha value is -2.10. The maximum absolute atomic E-state index is 11.9. The van der Waals surface area contributed by atoms with Gasteiger partial charge >= 0.3 is 0 Å². The van der Waals surface area contributed by atoms with Gasteiger partial charge in [0, 0.05) is 25.5 Å². The first-order chi connectivity index (χ1) is 9.06. The van der Waals surface area contributed by atoms with Crippen molar-refractivity contribution in [2.75, 3.05) is 5.32 Å². The zero-order chi connectivity index (χ0) is 13.8. The molecule has 1 aromatic heterocycles. The summed E-state index contributed by atoms with van der Waals surface area (Å²) in [6.07, 6.45) is 2.59. The van der Waals surface area contributed by atoms with Crippen LogP contribution in [0.25, 0.3) is 0 Å². The van der Waals surface area contributed by atoms with E-state index in [9.17, 15) is 4.79 Å². The summed E-state index contributed by atoms with van der Waals surface area (Å²) in [7, 11) is 0. The third-order valence-corrected chi connectivity index (χ3v) is 3.15. The molecule has 4 nitrogen and oxygen atoms in total. The average molecular weight is 258 g/mol. The predicted molar refractivity (Wildman–Crippen MR) is 74.1 cm³/mol. The van der Waals surface area contributed by atoms with Gasteiger partial charge in [-0.1, -0.05) is 12.1 Å². The average Bonchev–Trinajstić information content (AvgIpc) is 2.78. The molecule has 4 heteroatoms. The molecule has 0 aliphatic rings. The van der Waals surface area contributed by atoms with Crippen molar-refractivity contribution in [3.63, 3.8) is 0 Å². The molecule has 1 amide bonds. The SMILES string of the molecule is Cc1nc(CCC(=O)Nc2cccc(C)c2C)co1. The molecule has 0 saturated heterocycles. The normalized spacial score (nSPS) is 10.5. The van der Waals surface area contributed by atoms with Crippen LogP contribution in [0.1, 0.15) is 29.1 Å². The second-order valence-corrected chi connectivity index (χ2v) is 4.65. The number of aromatic nitrogens is 1. The Kier molecular flexibility index (Phi) is 4.00. The van der Waals surface area contributed by atoms with Crippen LogP contribution < -0.4 is 5.32 Å². The van der Waals surface area contributed by atoms with Crippen molar-refractivity contribution in [1.29, 1.82) is 0 Å². The maximum atomic E-state index is 11.9. The van der Waals surface area contributed by atoms with Gasteiger partial charge in [-0.2, -0.15) is 0 Å². The third kappa shape index (κ3) is 3.44. The van der Waals surface area contributed by atoms with E-state index in [1.165, 1.54) is 5.56 Å². The second kappa shape index (κ2) is 5.69. The van der Waals surface area contributed by atoms with Crippen LogP contribution in [-0.2, 0) is 11.2 Å². The van der Waals surface area contributed by atoms with Crippen molar-refractivity contribution in [3.05, 3.63) is 47.2 Å². The van der Waals surface area contributed by atoms with Crippen molar-refractivity contribution in [2.45, 2.75) is 33.6 Å². The van der Waals surface area contributed by atoms with Crippen molar-refractivity contribution in [1.82, 2.24) is 4.98 Å². The summed E-state index contributed by atoms with van der Waals surface area (Å²) in [6, 6.07) is 5.89. The van der Waals surface area contributed by atoms with E-state index >= 15 is 0 Å². The summed E-state index contributed by atoms with van der Waals surface area (Å²) in [5.74, 6) is 0.624. The first-order valence-corrected chi connectivity index (χ1v) is 6.33. The van der Waals surface area contributed by atoms with Crippen LogP contribution >= 0.6 is 0 Å². The fraction of sp³-hybridized carbons (Fsp3) is 0.333. The fourth-order valence-corrected chi connectivity index (χ4v) is 1.86. The van der Waals surface area contributed by atoms with Crippen molar-refractivity contribution < 1.29 is 9.21 Å². The van der Waals surface area contributed by atoms with Crippen LogP contribution in [0.3, 0.4) is 0 Å². The van der Waals surface area contributed by atoms with E-state index in [1.807, 2.05) is 32.0 Å². The Morgan fingerprint density at radius 1 is 1.32 bits per heavy atom. The number of carbonyl (C=O) groups excluding carboxylic acids is 1. The Morgan fingerprint density at radius 2 is 2.11 bits per heavy atom. The van der Waals surface area contributed by atoms with Gasteiger partial charge in [-0.3, -0.25) is 4.79 Å². The minimum atomic E-state index is -0.00523. The molecule has 2 aromatic rings. The number of nitrogens with one attached hydrogen (secondary N) is 1. The van der Waals surface area contributed by atoms with Gasteiger partial charge in [-0.25, -0.2) is 4.98 Å². The van der Waals surface area contributed by atoms with E-state index in [1.54, 1.807) is 13.2 Å². The lowest BCUT2D eigenvalue weighted by molar-refractivity contribution is -0.116. The zero-order valence-electron chi connectivity index (χ0n) is 11.5. The van der Waals surface area contributed by atoms with Crippen LogP contribution in [0.15, 0.2) is 28.9 Å². The number of anilines is 1. The number of hydrogen-bond acceptors (Lipinski definition) is 3. The molecule has 1 N–H and O–H groups in total. The van der Waals surface area contributed by atoms with Crippen LogP contribution in [0.5, 0.6) is 0 Å². The Balaban J connectivity index is 1.92. The number of amides is 1. The van der Waals surface area contributed by atoms with Gasteiger partial charge in [-0.15, -0.1) is 0 Å². The van der Waals surface area contributed by atoms with Crippen LogP contribution in [0.2, 0.25) is 0 Å². The van der Waals surface area contributed by atoms with Gasteiger partial charge in [0.1, 0.15) is 6.26 Å². The standard InChI is InChI=1S/C15H18N2O2/c1-10-5-4-6-14(11(10)2)17-15(18)8-7-13-9-19-12(3)16-13/h4-6,9H,7-8H2,1-3H3,(H,17,18). The largest absolute Gasteiger partial charge is 0.449 e. The van der Waals surface area contributed by atoms with E-state index < -0.39 is 0 Å². The van der Waals surface area contributed by atoms with E-state index in [2.05, 4.69) is 10.3 Å². The summed E-state index contributed by atoms with van der Waals surface area (Å²) in [4.78, 5) is 16.1. The second-order valence-electron chi connectivity index (χ2n) is 4.65. The molecule has 0 atom stereocenters. The zero-order valence-corrected chi connectivity index (χ0v) is 11.5. The first kappa shape index (κ1) is 13.3. The van der Waals surface area contributed by atoms with Crippen LogP contribution in [-0.4, -0.2) is 10.9 Å². The van der Waals surface area contributed by atoms with Crippen molar-refractivity contribution >= 4 is 11.6 Å². The third-order valence-electron chi connectivity index (χ3n) is 3.15. The predicted octanol–water partition coefficient (Wildman–Crippen LogP) is 3.17. The molecule has 100 valence electrons. The molecular weight excluding hydrogens is 240 g/mol. The highest BCUT2D eigenvalue weighted by Gasteiger charge is 2.08. The molecule has 0 spiro atoms. The van der Waals surface area contributed by atoms with Crippen molar-refractivity contribution in [3.8, 4) is 0 Å². The van der Waals surface area contributed by atoms with Crippen LogP contribution in [0.4, 0.5) is 5.69 Å². The molecule has 2 rings (SSSR count). The highest BCUT2D eigenvalue weighted by Crippen LogP contribution is 2.18. The van der Waals surface area contributed by atoms with E-state index in [4.69, 9.17) is 4.42 Å². The summed E-state index contributed by atoms with van der Waals surface area (Å²) >= 11 is 0. The number of carbonyl (C=O) groups is 1. The molecule has 0 radical (unpaired) electrons. The molecule has 0 saturated carbocycles. The van der Waals surface area contributed by atoms with E-state index in [0.717, 1.165) is 16.9 Å². The molecule has 1 aromatic carbocycles.